The summed E-state index contributed by atoms with van der Waals surface area (Å²) in [5.41, 5.74) is 0.810. The van der Waals surface area contributed by atoms with Crippen molar-refractivity contribution in [1.29, 1.82) is 0 Å². The largest absolute Gasteiger partial charge is 0.497 e. The summed E-state index contributed by atoms with van der Waals surface area (Å²) in [6.45, 7) is 0.847. The van der Waals surface area contributed by atoms with Gasteiger partial charge >= 0.3 is 0 Å². The Morgan fingerprint density at radius 3 is 1.84 bits per heavy atom. The Balaban J connectivity index is 1.82. The maximum absolute atomic E-state index is 13.2. The van der Waals surface area contributed by atoms with Crippen molar-refractivity contribution in [3.8, 4) is 23.0 Å². The molecule has 0 aliphatic rings. The van der Waals surface area contributed by atoms with E-state index in [4.69, 9.17) is 18.9 Å². The molecule has 10 nitrogen and oxygen atoms in total. The summed E-state index contributed by atoms with van der Waals surface area (Å²) < 4.78 is 22.2. The Bertz CT molecular complexity index is 1150. The summed E-state index contributed by atoms with van der Waals surface area (Å²) in [5.74, 6) is 2.60. The zero-order valence-corrected chi connectivity index (χ0v) is 23.2. The number of hydrogen-bond donors (Lipinski definition) is 2. The van der Waals surface area contributed by atoms with Gasteiger partial charge in [-0.2, -0.15) is 23.5 Å². The van der Waals surface area contributed by atoms with E-state index in [1.54, 1.807) is 74.1 Å². The monoisotopic (exact) mass is 558 g/mol. The van der Waals surface area contributed by atoms with Crippen molar-refractivity contribution in [1.82, 2.24) is 9.97 Å². The zero-order chi connectivity index (χ0) is 27.3. The molecule has 12 heteroatoms. The van der Waals surface area contributed by atoms with Crippen LogP contribution in [0.5, 0.6) is 23.0 Å². The first-order valence-electron chi connectivity index (χ1n) is 11.5. The quantitative estimate of drug-likeness (QED) is 0.274. The summed E-state index contributed by atoms with van der Waals surface area (Å²) in [7, 11) is 3.08. The molecule has 1 heterocycles. The van der Waals surface area contributed by atoms with Gasteiger partial charge in [-0.05, 0) is 36.8 Å². The van der Waals surface area contributed by atoms with Crippen molar-refractivity contribution in [2.24, 2.45) is 0 Å². The number of carbonyl (C=O) groups is 2. The molecule has 2 amide bonds. The van der Waals surface area contributed by atoms with Gasteiger partial charge in [0.05, 0.1) is 44.8 Å². The number of amides is 2. The Labute approximate surface area is 230 Å². The maximum atomic E-state index is 13.2. The summed E-state index contributed by atoms with van der Waals surface area (Å²) in [6, 6.07) is 9.86. The lowest BCUT2D eigenvalue weighted by molar-refractivity contribution is 0.101. The number of benzene rings is 2. The van der Waals surface area contributed by atoms with Crippen molar-refractivity contribution in [2.75, 3.05) is 62.1 Å². The highest BCUT2D eigenvalue weighted by Gasteiger charge is 2.20. The molecular weight excluding hydrogens is 528 g/mol. The maximum Gasteiger partial charge on any atom is 0.260 e. The number of aromatic nitrogens is 2. The van der Waals surface area contributed by atoms with Gasteiger partial charge in [-0.3, -0.25) is 9.59 Å². The first-order valence-corrected chi connectivity index (χ1v) is 14.3. The van der Waals surface area contributed by atoms with Gasteiger partial charge in [-0.1, -0.05) is 0 Å². The minimum atomic E-state index is -0.466. The van der Waals surface area contributed by atoms with E-state index in [0.717, 1.165) is 11.5 Å². The van der Waals surface area contributed by atoms with E-state index in [0.29, 0.717) is 47.3 Å². The number of hydrogen-bond acceptors (Lipinski definition) is 10. The molecular formula is C26H30N4O6S2. The minimum absolute atomic E-state index is 0.127. The van der Waals surface area contributed by atoms with Crippen molar-refractivity contribution < 1.29 is 28.5 Å². The van der Waals surface area contributed by atoms with Crippen LogP contribution in [0.4, 0.5) is 11.5 Å². The zero-order valence-electron chi connectivity index (χ0n) is 21.6. The van der Waals surface area contributed by atoms with Crippen LogP contribution in [-0.2, 0) is 0 Å². The molecule has 3 rings (SSSR count). The van der Waals surface area contributed by atoms with E-state index in [1.165, 1.54) is 12.5 Å². The highest BCUT2D eigenvalue weighted by atomic mass is 32.2. The van der Waals surface area contributed by atoms with Gasteiger partial charge in [0.1, 0.15) is 35.0 Å². The van der Waals surface area contributed by atoms with Gasteiger partial charge in [0, 0.05) is 23.6 Å². The lowest BCUT2D eigenvalue weighted by Gasteiger charge is -2.15. The molecule has 1 aromatic heterocycles. The van der Waals surface area contributed by atoms with Crippen molar-refractivity contribution in [3.63, 3.8) is 0 Å². The van der Waals surface area contributed by atoms with E-state index < -0.39 is 11.8 Å². The predicted octanol–water partition coefficient (Wildman–Crippen LogP) is 4.48. The molecule has 0 unspecified atom stereocenters. The van der Waals surface area contributed by atoms with Crippen molar-refractivity contribution >= 4 is 46.8 Å². The summed E-state index contributed by atoms with van der Waals surface area (Å²) in [6.07, 6.45) is 6.62. The van der Waals surface area contributed by atoms with Gasteiger partial charge in [0.25, 0.3) is 11.8 Å². The first-order chi connectivity index (χ1) is 18.5. The van der Waals surface area contributed by atoms with Gasteiger partial charge in [0.2, 0.25) is 0 Å². The van der Waals surface area contributed by atoms with Crippen LogP contribution in [0.2, 0.25) is 0 Å². The highest BCUT2D eigenvalue weighted by molar-refractivity contribution is 7.98. The van der Waals surface area contributed by atoms with E-state index >= 15 is 0 Å². The first kappa shape index (κ1) is 28.9. The number of nitrogens with one attached hydrogen (secondary N) is 2. The van der Waals surface area contributed by atoms with Crippen LogP contribution in [0.1, 0.15) is 20.7 Å². The number of rotatable bonds is 14. The molecule has 0 bridgehead atoms. The molecule has 0 aliphatic carbocycles. The molecule has 0 radical (unpaired) electrons. The lowest BCUT2D eigenvalue weighted by atomic mass is 10.1. The van der Waals surface area contributed by atoms with Gasteiger partial charge in [0.15, 0.2) is 5.82 Å². The molecule has 0 atom stereocenters. The van der Waals surface area contributed by atoms with Crippen LogP contribution in [0, 0.1) is 0 Å². The molecule has 0 spiro atoms. The molecule has 3 aromatic rings. The van der Waals surface area contributed by atoms with Crippen LogP contribution < -0.4 is 29.6 Å². The summed E-state index contributed by atoms with van der Waals surface area (Å²) >= 11 is 3.26. The van der Waals surface area contributed by atoms with Crippen LogP contribution in [0.25, 0.3) is 0 Å². The Morgan fingerprint density at radius 2 is 1.34 bits per heavy atom. The third-order valence-electron chi connectivity index (χ3n) is 5.15. The highest BCUT2D eigenvalue weighted by Crippen LogP contribution is 2.29. The molecule has 0 fully saturated rings. The molecule has 0 saturated carbocycles. The number of thioether (sulfide) groups is 2. The Morgan fingerprint density at radius 1 is 0.816 bits per heavy atom. The van der Waals surface area contributed by atoms with E-state index in [1.807, 2.05) is 12.5 Å². The van der Waals surface area contributed by atoms with Crippen LogP contribution in [-0.4, -0.2) is 73.2 Å². The van der Waals surface area contributed by atoms with Gasteiger partial charge < -0.3 is 29.6 Å². The summed E-state index contributed by atoms with van der Waals surface area (Å²) in [4.78, 5) is 34.6. The number of methoxy groups -OCH3 is 2. The average Bonchev–Trinajstić information content (AvgIpc) is 2.94. The number of carbonyl (C=O) groups excluding carboxylic acids is 2. The second-order valence-electron chi connectivity index (χ2n) is 7.60. The third kappa shape index (κ3) is 7.93. The normalized spacial score (nSPS) is 10.4. The molecule has 202 valence electrons. The molecule has 0 saturated heterocycles. The molecule has 2 aromatic carbocycles. The lowest BCUT2D eigenvalue weighted by Crippen LogP contribution is -2.19. The number of ether oxygens (including phenoxy) is 4. The topological polar surface area (TPSA) is 121 Å². The Kier molecular flexibility index (Phi) is 11.4. The fourth-order valence-electron chi connectivity index (χ4n) is 3.23. The van der Waals surface area contributed by atoms with Crippen molar-refractivity contribution in [3.05, 3.63) is 60.0 Å². The molecule has 0 aliphatic heterocycles. The van der Waals surface area contributed by atoms with Crippen LogP contribution in [0.3, 0.4) is 0 Å². The summed E-state index contributed by atoms with van der Waals surface area (Å²) in [5, 5.41) is 5.51. The number of nitrogens with zero attached hydrogens (tertiary/aromatic N) is 2. The second-order valence-corrected chi connectivity index (χ2v) is 9.57. The smallest absolute Gasteiger partial charge is 0.260 e. The van der Waals surface area contributed by atoms with Gasteiger partial charge in [-0.25, -0.2) is 9.97 Å². The van der Waals surface area contributed by atoms with E-state index in [9.17, 15) is 9.59 Å². The van der Waals surface area contributed by atoms with E-state index in [2.05, 4.69) is 20.6 Å². The van der Waals surface area contributed by atoms with Crippen molar-refractivity contribution in [2.45, 2.75) is 0 Å². The Hall–Kier alpha value is -3.64. The minimum Gasteiger partial charge on any atom is -0.497 e. The van der Waals surface area contributed by atoms with Crippen LogP contribution >= 0.6 is 23.5 Å². The molecule has 38 heavy (non-hydrogen) atoms. The third-order valence-corrected chi connectivity index (χ3v) is 6.30. The van der Waals surface area contributed by atoms with Crippen LogP contribution in [0.15, 0.2) is 48.9 Å². The van der Waals surface area contributed by atoms with Gasteiger partial charge in [-0.15, -0.1) is 0 Å². The fourth-order valence-corrected chi connectivity index (χ4v) is 3.73. The predicted molar refractivity (Wildman–Crippen MR) is 152 cm³/mol. The standard InChI is InChI=1S/C26H30N4O6S2/c1-33-17-5-7-19(22(13-17)35-9-11-37-3)25(31)29-21-15-27-16-28-24(21)30-26(32)20-8-6-18(34-2)14-23(20)36-10-12-38-4/h5-8,13-16H,9-12H2,1-4H3,(H,29,31)(H,27,28,30,32). The average molecular weight is 559 g/mol. The number of anilines is 2. The SMILES string of the molecule is COc1ccc(C(=O)Nc2cncnc2NC(=O)c2ccc(OC)cc2OCCSC)c(OCCSC)c1. The molecule has 2 N–H and O–H groups in total. The fraction of sp³-hybridized carbons (Fsp3) is 0.308. The van der Waals surface area contributed by atoms with E-state index in [-0.39, 0.29) is 11.5 Å². The second kappa shape index (κ2) is 14.9.